The fraction of sp³-hybridized carbons (Fsp3) is 0.353. The van der Waals surface area contributed by atoms with E-state index in [9.17, 15) is 5.11 Å². The summed E-state index contributed by atoms with van der Waals surface area (Å²) in [6.45, 7) is 2.91. The van der Waals surface area contributed by atoms with Crippen LogP contribution in [0, 0.1) is 0 Å². The fourth-order valence-electron chi connectivity index (χ4n) is 2.14. The third kappa shape index (κ3) is 3.81. The van der Waals surface area contributed by atoms with Crippen molar-refractivity contribution in [2.75, 3.05) is 18.5 Å². The van der Waals surface area contributed by atoms with Crippen molar-refractivity contribution in [1.29, 1.82) is 0 Å². The number of nitrogens with zero attached hydrogens (tertiary/aromatic N) is 2. The molecule has 0 radical (unpaired) electrons. The van der Waals surface area contributed by atoms with E-state index < -0.39 is 0 Å². The van der Waals surface area contributed by atoms with Crippen molar-refractivity contribution in [2.24, 2.45) is 0 Å². The Labute approximate surface area is 120 Å². The minimum atomic E-state index is -0.358. The number of pyridine rings is 1. The number of aromatic nitrogens is 1. The maximum Gasteiger partial charge on any atom is 0.0787 e. The Balaban J connectivity index is 1.94. The summed E-state index contributed by atoms with van der Waals surface area (Å²) >= 11 is 0. The van der Waals surface area contributed by atoms with Crippen molar-refractivity contribution in [2.45, 2.75) is 25.9 Å². The highest BCUT2D eigenvalue weighted by Gasteiger charge is 2.06. The number of benzene rings is 1. The van der Waals surface area contributed by atoms with Crippen molar-refractivity contribution in [3.05, 3.63) is 59.9 Å². The second-order valence-electron chi connectivity index (χ2n) is 5.01. The number of hydrogen-bond donors (Lipinski definition) is 1. The molecule has 0 spiro atoms. The number of aliphatic hydroxyl groups excluding tert-OH is 1. The molecule has 1 heterocycles. The van der Waals surface area contributed by atoms with E-state index in [-0.39, 0.29) is 6.10 Å². The number of likely N-dealkylation sites (N-methyl/N-ethyl adjacent to an activating group) is 1. The maximum absolute atomic E-state index is 9.79. The number of rotatable bonds is 6. The van der Waals surface area contributed by atoms with E-state index >= 15 is 0 Å². The lowest BCUT2D eigenvalue weighted by atomic mass is 10.1. The Morgan fingerprint density at radius 1 is 1.15 bits per heavy atom. The van der Waals surface area contributed by atoms with Gasteiger partial charge < -0.3 is 10.0 Å². The second kappa shape index (κ2) is 7.06. The fourth-order valence-corrected chi connectivity index (χ4v) is 2.14. The van der Waals surface area contributed by atoms with Gasteiger partial charge in [-0.05, 0) is 36.2 Å². The van der Waals surface area contributed by atoms with Crippen molar-refractivity contribution >= 4 is 5.69 Å². The normalized spacial score (nSPS) is 12.2. The molecule has 1 aromatic heterocycles. The molecular formula is C17H22N2O. The maximum atomic E-state index is 9.79. The highest BCUT2D eigenvalue weighted by molar-refractivity contribution is 5.47. The summed E-state index contributed by atoms with van der Waals surface area (Å²) in [5.74, 6) is 0. The summed E-state index contributed by atoms with van der Waals surface area (Å²) in [5, 5.41) is 9.79. The second-order valence-corrected chi connectivity index (χ2v) is 5.01. The molecule has 0 saturated heterocycles. The van der Waals surface area contributed by atoms with Gasteiger partial charge in [-0.2, -0.15) is 0 Å². The lowest BCUT2D eigenvalue weighted by molar-refractivity contribution is 0.173. The van der Waals surface area contributed by atoms with Crippen molar-refractivity contribution in [1.82, 2.24) is 4.98 Å². The number of aliphatic hydroxyl groups is 1. The number of hydrogen-bond acceptors (Lipinski definition) is 3. The van der Waals surface area contributed by atoms with E-state index in [1.807, 2.05) is 37.4 Å². The monoisotopic (exact) mass is 270 g/mol. The Bertz CT molecular complexity index is 510. The van der Waals surface area contributed by atoms with Crippen LogP contribution in [-0.4, -0.2) is 23.7 Å². The lowest BCUT2D eigenvalue weighted by Crippen LogP contribution is -2.20. The third-order valence-electron chi connectivity index (χ3n) is 3.53. The van der Waals surface area contributed by atoms with Crippen LogP contribution in [0.5, 0.6) is 0 Å². The van der Waals surface area contributed by atoms with E-state index in [2.05, 4.69) is 35.1 Å². The Kier molecular flexibility index (Phi) is 5.13. The van der Waals surface area contributed by atoms with E-state index in [1.165, 1.54) is 0 Å². The molecule has 20 heavy (non-hydrogen) atoms. The van der Waals surface area contributed by atoms with Crippen LogP contribution >= 0.6 is 0 Å². The predicted molar refractivity (Wildman–Crippen MR) is 82.9 cm³/mol. The molecule has 0 aliphatic heterocycles. The molecular weight excluding hydrogens is 248 g/mol. The molecule has 2 rings (SSSR count). The average molecular weight is 270 g/mol. The standard InChI is InChI=1S/C17H22N2O/c1-3-17(20)14-7-9-16(10-8-14)19(2)13-11-15-6-4-5-12-18-15/h4-10,12,17,20H,3,11,13H2,1-2H3/t17-/m1/s1. The minimum absolute atomic E-state index is 0.358. The van der Waals surface area contributed by atoms with Gasteiger partial charge in [0, 0.05) is 37.6 Å². The zero-order valence-electron chi connectivity index (χ0n) is 12.2. The first-order chi connectivity index (χ1) is 9.70. The van der Waals surface area contributed by atoms with Gasteiger partial charge in [0.05, 0.1) is 6.10 Å². The molecule has 0 unspecified atom stereocenters. The molecule has 0 saturated carbocycles. The largest absolute Gasteiger partial charge is 0.388 e. The molecule has 0 fully saturated rings. The Morgan fingerprint density at radius 2 is 1.90 bits per heavy atom. The summed E-state index contributed by atoms with van der Waals surface area (Å²) < 4.78 is 0. The van der Waals surface area contributed by atoms with Gasteiger partial charge in [0.15, 0.2) is 0 Å². The van der Waals surface area contributed by atoms with Gasteiger partial charge in [0.25, 0.3) is 0 Å². The zero-order chi connectivity index (χ0) is 14.4. The molecule has 1 aromatic carbocycles. The van der Waals surface area contributed by atoms with Gasteiger partial charge in [0.2, 0.25) is 0 Å². The molecule has 2 aromatic rings. The smallest absolute Gasteiger partial charge is 0.0787 e. The van der Waals surface area contributed by atoms with Crippen LogP contribution < -0.4 is 4.90 Å². The van der Waals surface area contributed by atoms with Gasteiger partial charge in [0.1, 0.15) is 0 Å². The lowest BCUT2D eigenvalue weighted by Gasteiger charge is -2.20. The Hall–Kier alpha value is -1.87. The highest BCUT2D eigenvalue weighted by atomic mass is 16.3. The molecule has 3 heteroatoms. The number of anilines is 1. The van der Waals surface area contributed by atoms with E-state index in [0.29, 0.717) is 0 Å². The molecule has 3 nitrogen and oxygen atoms in total. The van der Waals surface area contributed by atoms with Crippen molar-refractivity contribution in [3.8, 4) is 0 Å². The first kappa shape index (κ1) is 14.5. The zero-order valence-corrected chi connectivity index (χ0v) is 12.2. The third-order valence-corrected chi connectivity index (χ3v) is 3.53. The first-order valence-corrected chi connectivity index (χ1v) is 7.09. The topological polar surface area (TPSA) is 36.4 Å². The van der Waals surface area contributed by atoms with E-state index in [4.69, 9.17) is 0 Å². The highest BCUT2D eigenvalue weighted by Crippen LogP contribution is 2.20. The molecule has 0 aliphatic rings. The average Bonchev–Trinajstić information content (AvgIpc) is 2.53. The molecule has 1 atom stereocenters. The van der Waals surface area contributed by atoms with Crippen LogP contribution in [0.3, 0.4) is 0 Å². The molecule has 0 bridgehead atoms. The van der Waals surface area contributed by atoms with Crippen LogP contribution in [0.4, 0.5) is 5.69 Å². The molecule has 0 aliphatic carbocycles. The summed E-state index contributed by atoms with van der Waals surface area (Å²) in [4.78, 5) is 6.54. The van der Waals surface area contributed by atoms with Gasteiger partial charge in [-0.15, -0.1) is 0 Å². The van der Waals surface area contributed by atoms with Crippen LogP contribution in [0.2, 0.25) is 0 Å². The Morgan fingerprint density at radius 3 is 2.50 bits per heavy atom. The summed E-state index contributed by atoms with van der Waals surface area (Å²) in [7, 11) is 2.08. The predicted octanol–water partition coefficient (Wildman–Crippen LogP) is 3.20. The van der Waals surface area contributed by atoms with Crippen LogP contribution in [0.15, 0.2) is 48.7 Å². The van der Waals surface area contributed by atoms with Crippen molar-refractivity contribution < 1.29 is 5.11 Å². The molecule has 106 valence electrons. The van der Waals surface area contributed by atoms with Crippen LogP contribution in [-0.2, 0) is 6.42 Å². The van der Waals surface area contributed by atoms with Crippen LogP contribution in [0.1, 0.15) is 30.7 Å². The van der Waals surface area contributed by atoms with Gasteiger partial charge in [-0.25, -0.2) is 0 Å². The van der Waals surface area contributed by atoms with Gasteiger partial charge in [-0.1, -0.05) is 25.1 Å². The summed E-state index contributed by atoms with van der Waals surface area (Å²) in [6, 6.07) is 14.1. The molecule has 1 N–H and O–H groups in total. The minimum Gasteiger partial charge on any atom is -0.388 e. The summed E-state index contributed by atoms with van der Waals surface area (Å²) in [6.07, 6.45) is 3.14. The van der Waals surface area contributed by atoms with Crippen molar-refractivity contribution in [3.63, 3.8) is 0 Å². The van der Waals surface area contributed by atoms with E-state index in [1.54, 1.807) is 0 Å². The summed E-state index contributed by atoms with van der Waals surface area (Å²) in [5.41, 5.74) is 3.25. The SMILES string of the molecule is CC[C@@H](O)c1ccc(N(C)CCc2ccccn2)cc1. The quantitative estimate of drug-likeness (QED) is 0.875. The van der Waals surface area contributed by atoms with Gasteiger partial charge in [-0.3, -0.25) is 4.98 Å². The molecule has 0 amide bonds. The van der Waals surface area contributed by atoms with Gasteiger partial charge >= 0.3 is 0 Å². The van der Waals surface area contributed by atoms with Crippen LogP contribution in [0.25, 0.3) is 0 Å². The first-order valence-electron chi connectivity index (χ1n) is 7.09. The van der Waals surface area contributed by atoms with E-state index in [0.717, 1.165) is 36.3 Å².